The maximum Gasteiger partial charge on any atom is 0.350 e. The molecule has 0 saturated heterocycles. The summed E-state index contributed by atoms with van der Waals surface area (Å²) in [5, 5.41) is 1.80. The molecule has 0 spiro atoms. The van der Waals surface area contributed by atoms with Crippen molar-refractivity contribution >= 4 is 23.2 Å². The number of ether oxygens (including phenoxy) is 1. The molecular weight excluding hydrogens is 355 g/mol. The van der Waals surface area contributed by atoms with Gasteiger partial charge in [0, 0.05) is 26.0 Å². The highest BCUT2D eigenvalue weighted by atomic mass is 32.1. The third kappa shape index (κ3) is 4.18. The molecule has 0 saturated carbocycles. The van der Waals surface area contributed by atoms with E-state index in [9.17, 15) is 14.0 Å². The number of carbonyl (C=O) groups is 2. The van der Waals surface area contributed by atoms with Crippen molar-refractivity contribution in [3.63, 3.8) is 0 Å². The molecule has 0 atom stereocenters. The van der Waals surface area contributed by atoms with Crippen LogP contribution in [0.15, 0.2) is 60.2 Å². The summed E-state index contributed by atoms with van der Waals surface area (Å²) in [4.78, 5) is 26.4. The Bertz CT molecular complexity index is 888. The summed E-state index contributed by atoms with van der Waals surface area (Å²) in [5.74, 6) is -1.19. The average Bonchev–Trinajstić information content (AvgIpc) is 3.32. The molecule has 0 N–H and O–H groups in total. The molecule has 0 aliphatic carbocycles. The normalized spacial score (nSPS) is 10.5. The summed E-state index contributed by atoms with van der Waals surface area (Å²) in [6.07, 6.45) is 3.67. The van der Waals surface area contributed by atoms with Gasteiger partial charge >= 0.3 is 5.97 Å². The molecule has 3 rings (SSSR count). The fourth-order valence-electron chi connectivity index (χ4n) is 2.41. The smallest absolute Gasteiger partial charge is 0.350 e. The molecule has 1 amide bonds. The van der Waals surface area contributed by atoms with Gasteiger partial charge in [0.25, 0.3) is 5.91 Å². The minimum absolute atomic E-state index is 0.310. The van der Waals surface area contributed by atoms with Crippen molar-refractivity contribution in [2.24, 2.45) is 0 Å². The van der Waals surface area contributed by atoms with E-state index in [1.807, 2.05) is 35.2 Å². The van der Waals surface area contributed by atoms with Gasteiger partial charge in [-0.2, -0.15) is 0 Å². The molecule has 3 aromatic rings. The van der Waals surface area contributed by atoms with E-state index < -0.39 is 5.97 Å². The van der Waals surface area contributed by atoms with Crippen molar-refractivity contribution in [3.05, 3.63) is 76.5 Å². The van der Waals surface area contributed by atoms with E-state index in [-0.39, 0.29) is 18.3 Å². The van der Waals surface area contributed by atoms with E-state index in [1.54, 1.807) is 24.6 Å². The highest BCUT2D eigenvalue weighted by molar-refractivity contribution is 7.12. The first-order valence-electron chi connectivity index (χ1n) is 7.91. The summed E-state index contributed by atoms with van der Waals surface area (Å²) in [6, 6.07) is 11.5. The topological polar surface area (TPSA) is 51.5 Å². The molecule has 134 valence electrons. The number of thiophene rings is 1. The lowest BCUT2D eigenvalue weighted by atomic mass is 10.2. The molecule has 0 fully saturated rings. The van der Waals surface area contributed by atoms with E-state index in [4.69, 9.17) is 4.74 Å². The number of halogens is 1. The Labute approximate surface area is 154 Å². The number of hydrogen-bond acceptors (Lipinski definition) is 4. The Balaban J connectivity index is 1.57. The summed E-state index contributed by atoms with van der Waals surface area (Å²) >= 11 is 1.26. The zero-order valence-electron chi connectivity index (χ0n) is 14.1. The molecule has 2 aromatic heterocycles. The number of hydrogen-bond donors (Lipinski definition) is 0. The van der Waals surface area contributed by atoms with Crippen LogP contribution in [-0.4, -0.2) is 35.0 Å². The molecule has 7 heteroatoms. The number of aromatic nitrogens is 1. The zero-order chi connectivity index (χ0) is 18.5. The van der Waals surface area contributed by atoms with Crippen LogP contribution in [0.2, 0.25) is 0 Å². The quantitative estimate of drug-likeness (QED) is 0.623. The predicted molar refractivity (Wildman–Crippen MR) is 96.8 cm³/mol. The van der Waals surface area contributed by atoms with Crippen LogP contribution in [0, 0.1) is 5.82 Å². The van der Waals surface area contributed by atoms with Gasteiger partial charge < -0.3 is 14.2 Å². The van der Waals surface area contributed by atoms with E-state index in [1.165, 1.54) is 28.4 Å². The van der Waals surface area contributed by atoms with Crippen molar-refractivity contribution < 1.29 is 18.7 Å². The van der Waals surface area contributed by atoms with E-state index >= 15 is 0 Å². The van der Waals surface area contributed by atoms with Crippen LogP contribution in [-0.2, 0) is 16.1 Å². The van der Waals surface area contributed by atoms with Crippen LogP contribution in [0.25, 0.3) is 5.69 Å². The molecule has 2 heterocycles. The highest BCUT2D eigenvalue weighted by Crippen LogP contribution is 2.22. The third-order valence-electron chi connectivity index (χ3n) is 3.80. The summed E-state index contributed by atoms with van der Waals surface area (Å²) in [5.41, 5.74) is 1.51. The van der Waals surface area contributed by atoms with Gasteiger partial charge in [-0.25, -0.2) is 9.18 Å². The summed E-state index contributed by atoms with van der Waals surface area (Å²) in [7, 11) is 1.61. The Morgan fingerprint density at radius 2 is 1.85 bits per heavy atom. The van der Waals surface area contributed by atoms with Gasteiger partial charge in [-0.1, -0.05) is 12.1 Å². The Hall–Kier alpha value is -2.93. The number of carbonyl (C=O) groups excluding carboxylic acids is 2. The summed E-state index contributed by atoms with van der Waals surface area (Å²) < 4.78 is 19.9. The number of rotatable bonds is 6. The summed E-state index contributed by atoms with van der Waals surface area (Å²) in [6.45, 7) is -0.0379. The molecule has 0 aliphatic heterocycles. The minimum Gasteiger partial charge on any atom is -0.451 e. The fourth-order valence-corrected chi connectivity index (χ4v) is 3.19. The Kier molecular flexibility index (Phi) is 5.48. The fraction of sp³-hybridized carbons (Fsp3) is 0.158. The first kappa shape index (κ1) is 17.9. The van der Waals surface area contributed by atoms with Crippen LogP contribution in [0.1, 0.15) is 15.2 Å². The van der Waals surface area contributed by atoms with E-state index in [0.717, 1.165) is 11.3 Å². The van der Waals surface area contributed by atoms with Gasteiger partial charge in [-0.15, -0.1) is 11.3 Å². The van der Waals surface area contributed by atoms with Crippen molar-refractivity contribution in [2.45, 2.75) is 6.54 Å². The first-order chi connectivity index (χ1) is 12.5. The van der Waals surface area contributed by atoms with E-state index in [0.29, 0.717) is 11.4 Å². The molecule has 0 unspecified atom stereocenters. The average molecular weight is 372 g/mol. The largest absolute Gasteiger partial charge is 0.451 e. The molecule has 5 nitrogen and oxygen atoms in total. The van der Waals surface area contributed by atoms with Gasteiger partial charge in [0.15, 0.2) is 6.61 Å². The van der Waals surface area contributed by atoms with Crippen molar-refractivity contribution in [3.8, 4) is 5.69 Å². The van der Waals surface area contributed by atoms with Gasteiger partial charge in [-0.05, 0) is 41.3 Å². The van der Waals surface area contributed by atoms with Crippen molar-refractivity contribution in [2.75, 3.05) is 13.7 Å². The van der Waals surface area contributed by atoms with E-state index in [2.05, 4.69) is 0 Å². The van der Waals surface area contributed by atoms with Crippen molar-refractivity contribution in [1.29, 1.82) is 0 Å². The maximum absolute atomic E-state index is 12.9. The third-order valence-corrected chi connectivity index (χ3v) is 4.68. The van der Waals surface area contributed by atoms with Crippen LogP contribution >= 0.6 is 11.3 Å². The lowest BCUT2D eigenvalue weighted by Gasteiger charge is -2.17. The second-order valence-corrected chi connectivity index (χ2v) is 6.59. The molecule has 26 heavy (non-hydrogen) atoms. The lowest BCUT2D eigenvalue weighted by molar-refractivity contribution is -0.133. The number of esters is 1. The van der Waals surface area contributed by atoms with Crippen LogP contribution in [0.5, 0.6) is 0 Å². The Morgan fingerprint density at radius 3 is 2.54 bits per heavy atom. The highest BCUT2D eigenvalue weighted by Gasteiger charge is 2.18. The van der Waals surface area contributed by atoms with Crippen molar-refractivity contribution in [1.82, 2.24) is 9.47 Å². The standard InChI is InChI=1S/C19H17FN2O3S/c1-21(12-14-4-6-15(20)7-5-14)17(23)13-25-19(24)18-16(8-11-26-18)22-9-2-3-10-22/h2-11H,12-13H2,1H3. The maximum atomic E-state index is 12.9. The SMILES string of the molecule is CN(Cc1ccc(F)cc1)C(=O)COC(=O)c1sccc1-n1cccc1. The molecule has 0 aliphatic rings. The lowest BCUT2D eigenvalue weighted by Crippen LogP contribution is -2.30. The second kappa shape index (κ2) is 7.97. The van der Waals surface area contributed by atoms with Gasteiger partial charge in [0.2, 0.25) is 0 Å². The number of benzene rings is 1. The Morgan fingerprint density at radius 1 is 1.15 bits per heavy atom. The number of amides is 1. The second-order valence-electron chi connectivity index (χ2n) is 5.68. The zero-order valence-corrected chi connectivity index (χ0v) is 14.9. The van der Waals surface area contributed by atoms with Gasteiger partial charge in [0.05, 0.1) is 5.69 Å². The molecule has 0 radical (unpaired) electrons. The monoisotopic (exact) mass is 372 g/mol. The van der Waals surface area contributed by atoms with Crippen LogP contribution < -0.4 is 0 Å². The molecule has 1 aromatic carbocycles. The van der Waals surface area contributed by atoms with Gasteiger partial charge in [-0.3, -0.25) is 4.79 Å². The predicted octanol–water partition coefficient (Wildman–Crippen LogP) is 3.49. The minimum atomic E-state index is -0.535. The van der Waals surface area contributed by atoms with Crippen LogP contribution in [0.4, 0.5) is 4.39 Å². The first-order valence-corrected chi connectivity index (χ1v) is 8.79. The van der Waals surface area contributed by atoms with Crippen LogP contribution in [0.3, 0.4) is 0 Å². The molecule has 0 bridgehead atoms. The number of likely N-dealkylation sites (N-methyl/N-ethyl adjacent to an activating group) is 1. The molecular formula is C19H17FN2O3S. The van der Waals surface area contributed by atoms with Gasteiger partial charge in [0.1, 0.15) is 10.7 Å². The number of nitrogens with zero attached hydrogens (tertiary/aromatic N) is 2.